The molecule has 0 fully saturated rings. The van der Waals surface area contributed by atoms with Crippen molar-refractivity contribution >= 4 is 17.1 Å². The molecule has 2 aromatic rings. The minimum absolute atomic E-state index is 0.260. The van der Waals surface area contributed by atoms with E-state index >= 15 is 0 Å². The van der Waals surface area contributed by atoms with Gasteiger partial charge in [0.2, 0.25) is 0 Å². The van der Waals surface area contributed by atoms with Crippen LogP contribution in [0.15, 0.2) is 9.59 Å². The molecular weight excluding hydrogens is 276 g/mol. The molecule has 0 unspecified atom stereocenters. The number of hydrogen-bond donors (Lipinski definition) is 1. The molecule has 0 atom stereocenters. The zero-order valence-corrected chi connectivity index (χ0v) is 12.3. The molecule has 8 heteroatoms. The smallest absolute Gasteiger partial charge is 0.332 e. The lowest BCUT2D eigenvalue weighted by Crippen LogP contribution is -2.40. The van der Waals surface area contributed by atoms with E-state index in [1.165, 1.54) is 4.57 Å². The van der Waals surface area contributed by atoms with Gasteiger partial charge < -0.3 is 9.67 Å². The van der Waals surface area contributed by atoms with Gasteiger partial charge in [0.15, 0.2) is 11.2 Å². The highest BCUT2D eigenvalue weighted by atomic mass is 16.4. The highest BCUT2D eigenvalue weighted by Crippen LogP contribution is 2.12. The Morgan fingerprint density at radius 3 is 2.10 bits per heavy atom. The summed E-state index contributed by atoms with van der Waals surface area (Å²) in [6, 6.07) is 0. The van der Waals surface area contributed by atoms with Crippen LogP contribution in [-0.4, -0.2) is 29.8 Å². The minimum Gasteiger partial charge on any atom is -0.481 e. The van der Waals surface area contributed by atoms with Gasteiger partial charge in [-0.15, -0.1) is 0 Å². The molecule has 0 radical (unpaired) electrons. The molecule has 0 aliphatic rings. The van der Waals surface area contributed by atoms with Crippen molar-refractivity contribution in [2.24, 2.45) is 0 Å². The number of carboxylic acid groups (broad SMARTS) is 1. The number of fused-ring (bicyclic) bond motifs is 1. The first kappa shape index (κ1) is 15.0. The van der Waals surface area contributed by atoms with Gasteiger partial charge in [-0.3, -0.25) is 18.7 Å². The molecule has 2 rings (SSSR count). The van der Waals surface area contributed by atoms with Crippen molar-refractivity contribution in [3.8, 4) is 0 Å². The molecule has 2 aromatic heterocycles. The molecule has 2 heterocycles. The number of carboxylic acids is 1. The quantitative estimate of drug-likeness (QED) is 0.839. The Labute approximate surface area is 120 Å². The maximum Gasteiger partial charge on any atom is 0.332 e. The van der Waals surface area contributed by atoms with Crippen molar-refractivity contribution in [1.82, 2.24) is 18.7 Å². The first-order valence-corrected chi connectivity index (χ1v) is 6.90. The molecule has 0 saturated heterocycles. The van der Waals surface area contributed by atoms with E-state index in [0.717, 1.165) is 4.57 Å². The van der Waals surface area contributed by atoms with Gasteiger partial charge in [0, 0.05) is 19.6 Å². The van der Waals surface area contributed by atoms with Crippen LogP contribution in [0.2, 0.25) is 0 Å². The van der Waals surface area contributed by atoms with Crippen LogP contribution in [0.5, 0.6) is 0 Å². The molecule has 0 amide bonds. The van der Waals surface area contributed by atoms with E-state index in [1.54, 1.807) is 18.4 Å². The maximum absolute atomic E-state index is 12.5. The van der Waals surface area contributed by atoms with Crippen LogP contribution < -0.4 is 11.2 Å². The van der Waals surface area contributed by atoms with Gasteiger partial charge in [0.25, 0.3) is 5.56 Å². The van der Waals surface area contributed by atoms with Crippen molar-refractivity contribution in [2.45, 2.75) is 46.8 Å². The highest BCUT2D eigenvalue weighted by Gasteiger charge is 2.20. The summed E-state index contributed by atoms with van der Waals surface area (Å²) in [4.78, 5) is 39.9. The fourth-order valence-electron chi connectivity index (χ4n) is 2.51. The lowest BCUT2D eigenvalue weighted by Gasteiger charge is -2.09. The molecular formula is C13H18N4O4. The largest absolute Gasteiger partial charge is 0.481 e. The van der Waals surface area contributed by atoms with Crippen molar-refractivity contribution in [3.63, 3.8) is 0 Å². The number of hydrogen-bond acceptors (Lipinski definition) is 4. The monoisotopic (exact) mass is 294 g/mol. The number of aromatic nitrogens is 4. The van der Waals surface area contributed by atoms with E-state index in [9.17, 15) is 14.4 Å². The molecule has 114 valence electrons. The molecule has 21 heavy (non-hydrogen) atoms. The Balaban J connectivity index is 2.97. The van der Waals surface area contributed by atoms with Crippen molar-refractivity contribution in [3.05, 3.63) is 26.7 Å². The second-order valence-corrected chi connectivity index (χ2v) is 4.59. The predicted octanol–water partition coefficient (Wildman–Crippen LogP) is 0.0465. The first-order chi connectivity index (χ1) is 9.96. The van der Waals surface area contributed by atoms with E-state index < -0.39 is 17.2 Å². The standard InChI is InChI=1S/C13H18N4O4/c1-4-15-8(7-9(18)19)14-11-10(15)12(20)17(6-3)13(21)16(11)5-2/h4-7H2,1-3H3,(H,18,19). The summed E-state index contributed by atoms with van der Waals surface area (Å²) in [5.74, 6) is -0.742. The third-order valence-corrected chi connectivity index (χ3v) is 3.45. The van der Waals surface area contributed by atoms with E-state index in [4.69, 9.17) is 5.11 Å². The molecule has 0 aliphatic heterocycles. The SMILES string of the molecule is CCn1c(=O)c2c(nc(CC(=O)O)n2CC)n(CC)c1=O. The van der Waals surface area contributed by atoms with E-state index in [2.05, 4.69) is 4.98 Å². The van der Waals surface area contributed by atoms with E-state index in [-0.39, 0.29) is 30.0 Å². The van der Waals surface area contributed by atoms with E-state index in [0.29, 0.717) is 13.1 Å². The fraction of sp³-hybridized carbons (Fsp3) is 0.538. The number of aryl methyl sites for hydroxylation is 2. The summed E-state index contributed by atoms with van der Waals surface area (Å²) >= 11 is 0. The van der Waals surface area contributed by atoms with Gasteiger partial charge in [0.05, 0.1) is 0 Å². The number of nitrogens with zero attached hydrogens (tertiary/aromatic N) is 4. The number of carbonyl (C=O) groups is 1. The van der Waals surface area contributed by atoms with Crippen LogP contribution in [0.3, 0.4) is 0 Å². The van der Waals surface area contributed by atoms with Gasteiger partial charge in [-0.05, 0) is 20.8 Å². The van der Waals surface area contributed by atoms with Crippen LogP contribution in [0, 0.1) is 0 Å². The van der Waals surface area contributed by atoms with Gasteiger partial charge in [0.1, 0.15) is 12.2 Å². The maximum atomic E-state index is 12.5. The summed E-state index contributed by atoms with van der Waals surface area (Å²) in [7, 11) is 0. The van der Waals surface area contributed by atoms with E-state index in [1.807, 2.05) is 6.92 Å². The van der Waals surface area contributed by atoms with Gasteiger partial charge in [-0.1, -0.05) is 0 Å². The first-order valence-electron chi connectivity index (χ1n) is 6.90. The number of aliphatic carboxylic acids is 1. The Morgan fingerprint density at radius 1 is 1.05 bits per heavy atom. The third kappa shape index (κ3) is 2.26. The third-order valence-electron chi connectivity index (χ3n) is 3.45. The Kier molecular flexibility index (Phi) is 3.97. The van der Waals surface area contributed by atoms with Gasteiger partial charge >= 0.3 is 11.7 Å². The summed E-state index contributed by atoms with van der Waals surface area (Å²) in [6.45, 7) is 6.36. The second-order valence-electron chi connectivity index (χ2n) is 4.59. The van der Waals surface area contributed by atoms with Crippen molar-refractivity contribution in [2.75, 3.05) is 0 Å². The van der Waals surface area contributed by atoms with Crippen LogP contribution in [0.25, 0.3) is 11.2 Å². The highest BCUT2D eigenvalue weighted by molar-refractivity contribution is 5.74. The van der Waals surface area contributed by atoms with Crippen LogP contribution in [0.1, 0.15) is 26.6 Å². The molecule has 0 aliphatic carbocycles. The van der Waals surface area contributed by atoms with Crippen LogP contribution in [-0.2, 0) is 30.8 Å². The fourth-order valence-corrected chi connectivity index (χ4v) is 2.51. The predicted molar refractivity (Wildman–Crippen MR) is 76.6 cm³/mol. The topological polar surface area (TPSA) is 99.1 Å². The summed E-state index contributed by atoms with van der Waals surface area (Å²) < 4.78 is 4.12. The van der Waals surface area contributed by atoms with Crippen LogP contribution >= 0.6 is 0 Å². The molecule has 0 aromatic carbocycles. The second kappa shape index (κ2) is 5.55. The average Bonchev–Trinajstić information content (AvgIpc) is 2.77. The lowest BCUT2D eigenvalue weighted by atomic mass is 10.4. The molecule has 8 nitrogen and oxygen atoms in total. The zero-order chi connectivity index (χ0) is 15.7. The summed E-state index contributed by atoms with van der Waals surface area (Å²) in [5, 5.41) is 8.96. The molecule has 0 saturated carbocycles. The number of rotatable bonds is 5. The summed E-state index contributed by atoms with van der Waals surface area (Å²) in [5.41, 5.74) is -0.291. The van der Waals surface area contributed by atoms with Gasteiger partial charge in [-0.25, -0.2) is 9.78 Å². The zero-order valence-electron chi connectivity index (χ0n) is 12.3. The molecule has 0 spiro atoms. The normalized spacial score (nSPS) is 11.2. The Morgan fingerprint density at radius 2 is 1.62 bits per heavy atom. The minimum atomic E-state index is -1.03. The molecule has 0 bridgehead atoms. The average molecular weight is 294 g/mol. The molecule has 1 N–H and O–H groups in total. The van der Waals surface area contributed by atoms with Gasteiger partial charge in [-0.2, -0.15) is 0 Å². The van der Waals surface area contributed by atoms with Crippen LogP contribution in [0.4, 0.5) is 0 Å². The summed E-state index contributed by atoms with van der Waals surface area (Å²) in [6.07, 6.45) is -0.286. The Hall–Kier alpha value is -2.38. The number of imidazole rings is 1. The lowest BCUT2D eigenvalue weighted by molar-refractivity contribution is -0.136. The van der Waals surface area contributed by atoms with Crippen molar-refractivity contribution in [1.29, 1.82) is 0 Å². The van der Waals surface area contributed by atoms with Crippen molar-refractivity contribution < 1.29 is 9.90 Å². The Bertz CT molecular complexity index is 812.